The van der Waals surface area contributed by atoms with E-state index in [4.69, 9.17) is 4.74 Å². The van der Waals surface area contributed by atoms with Crippen LogP contribution in [0, 0.1) is 0 Å². The second kappa shape index (κ2) is 6.10. The van der Waals surface area contributed by atoms with Crippen LogP contribution in [0.3, 0.4) is 0 Å². The van der Waals surface area contributed by atoms with Crippen LogP contribution in [0.1, 0.15) is 22.8 Å². The molecule has 0 bridgehead atoms. The zero-order chi connectivity index (χ0) is 14.7. The Morgan fingerprint density at radius 3 is 2.43 bits per heavy atom. The third-order valence-corrected chi connectivity index (χ3v) is 4.00. The van der Waals surface area contributed by atoms with Gasteiger partial charge in [0.25, 0.3) is 5.91 Å². The van der Waals surface area contributed by atoms with Gasteiger partial charge >= 0.3 is 0 Å². The summed E-state index contributed by atoms with van der Waals surface area (Å²) in [5.41, 5.74) is 3.49. The predicted octanol–water partition coefficient (Wildman–Crippen LogP) is 2.96. The van der Waals surface area contributed by atoms with Gasteiger partial charge < -0.3 is 9.64 Å². The van der Waals surface area contributed by atoms with Crippen LogP contribution in [0.2, 0.25) is 0 Å². The van der Waals surface area contributed by atoms with Crippen molar-refractivity contribution in [3.05, 3.63) is 71.3 Å². The van der Waals surface area contributed by atoms with Gasteiger partial charge in [-0.3, -0.25) is 4.79 Å². The van der Waals surface area contributed by atoms with E-state index in [1.54, 1.807) is 7.11 Å². The largest absolute Gasteiger partial charge is 0.367 e. The van der Waals surface area contributed by atoms with Crippen LogP contribution in [-0.4, -0.2) is 24.5 Å². The van der Waals surface area contributed by atoms with Gasteiger partial charge in [0, 0.05) is 20.2 Å². The summed E-state index contributed by atoms with van der Waals surface area (Å²) in [6.45, 7) is 1.42. The van der Waals surface area contributed by atoms with Crippen molar-refractivity contribution in [2.45, 2.75) is 19.1 Å². The minimum absolute atomic E-state index is 0.0400. The summed E-state index contributed by atoms with van der Waals surface area (Å²) in [4.78, 5) is 14.6. The molecule has 0 aliphatic carbocycles. The lowest BCUT2D eigenvalue weighted by molar-refractivity contribution is -0.143. The molecule has 0 aromatic heterocycles. The summed E-state index contributed by atoms with van der Waals surface area (Å²) >= 11 is 0. The van der Waals surface area contributed by atoms with Gasteiger partial charge in [0.1, 0.15) is 0 Å². The fourth-order valence-corrected chi connectivity index (χ4v) is 2.86. The third kappa shape index (κ3) is 2.83. The lowest BCUT2D eigenvalue weighted by Crippen LogP contribution is -2.39. The molecule has 1 aliphatic heterocycles. The summed E-state index contributed by atoms with van der Waals surface area (Å²) in [5, 5.41) is 0. The molecule has 0 fully saturated rings. The highest BCUT2D eigenvalue weighted by atomic mass is 16.5. The van der Waals surface area contributed by atoms with Crippen molar-refractivity contribution in [2.24, 2.45) is 0 Å². The first-order valence-corrected chi connectivity index (χ1v) is 7.23. The first-order valence-electron chi connectivity index (χ1n) is 7.23. The zero-order valence-electron chi connectivity index (χ0n) is 12.2. The van der Waals surface area contributed by atoms with E-state index < -0.39 is 6.10 Å². The Morgan fingerprint density at radius 1 is 1.05 bits per heavy atom. The van der Waals surface area contributed by atoms with Crippen LogP contribution in [-0.2, 0) is 22.5 Å². The second-order valence-electron chi connectivity index (χ2n) is 5.30. The normalized spacial score (nSPS) is 15.4. The second-order valence-corrected chi connectivity index (χ2v) is 5.30. The van der Waals surface area contributed by atoms with E-state index in [1.165, 1.54) is 11.1 Å². The van der Waals surface area contributed by atoms with Crippen LogP contribution < -0.4 is 0 Å². The van der Waals surface area contributed by atoms with Crippen LogP contribution in [0.4, 0.5) is 0 Å². The van der Waals surface area contributed by atoms with Gasteiger partial charge in [-0.2, -0.15) is 0 Å². The molecule has 3 rings (SSSR count). The van der Waals surface area contributed by atoms with Crippen molar-refractivity contribution < 1.29 is 9.53 Å². The molecule has 1 atom stereocenters. The maximum atomic E-state index is 12.7. The quantitative estimate of drug-likeness (QED) is 0.865. The van der Waals surface area contributed by atoms with Gasteiger partial charge in [-0.1, -0.05) is 54.6 Å². The molecule has 0 spiro atoms. The highest BCUT2D eigenvalue weighted by Gasteiger charge is 2.28. The Hall–Kier alpha value is -2.13. The summed E-state index contributed by atoms with van der Waals surface area (Å²) in [6, 6.07) is 18.0. The van der Waals surface area contributed by atoms with E-state index in [1.807, 2.05) is 41.3 Å². The van der Waals surface area contributed by atoms with E-state index in [2.05, 4.69) is 18.2 Å². The Bertz CT molecular complexity index is 624. The number of methoxy groups -OCH3 is 1. The number of amides is 1. The number of nitrogens with zero attached hydrogens (tertiary/aromatic N) is 1. The third-order valence-electron chi connectivity index (χ3n) is 4.00. The van der Waals surface area contributed by atoms with Gasteiger partial charge in [0.15, 0.2) is 6.10 Å². The first kappa shape index (κ1) is 13.8. The molecule has 0 radical (unpaired) electrons. The average molecular weight is 281 g/mol. The fourth-order valence-electron chi connectivity index (χ4n) is 2.86. The van der Waals surface area contributed by atoms with Gasteiger partial charge in [0.05, 0.1) is 0 Å². The summed E-state index contributed by atoms with van der Waals surface area (Å²) in [5.74, 6) is 0.0400. The van der Waals surface area contributed by atoms with Crippen molar-refractivity contribution in [1.82, 2.24) is 4.90 Å². The summed E-state index contributed by atoms with van der Waals surface area (Å²) < 4.78 is 5.45. The van der Waals surface area contributed by atoms with E-state index in [9.17, 15) is 4.79 Å². The Labute approximate surface area is 125 Å². The van der Waals surface area contributed by atoms with Crippen LogP contribution in [0.25, 0.3) is 0 Å². The molecule has 0 saturated carbocycles. The lowest BCUT2D eigenvalue weighted by atomic mass is 9.99. The molecule has 2 aromatic carbocycles. The monoisotopic (exact) mass is 281 g/mol. The molecule has 3 nitrogen and oxygen atoms in total. The van der Waals surface area contributed by atoms with Gasteiger partial charge in [0.2, 0.25) is 0 Å². The number of rotatable bonds is 3. The molecule has 0 N–H and O–H groups in total. The number of carbonyl (C=O) groups excluding carboxylic acids is 1. The first-order chi connectivity index (χ1) is 10.3. The van der Waals surface area contributed by atoms with E-state index in [-0.39, 0.29) is 5.91 Å². The molecule has 2 aromatic rings. The minimum atomic E-state index is -0.517. The highest BCUT2D eigenvalue weighted by Crippen LogP contribution is 2.24. The number of carbonyl (C=O) groups is 1. The maximum absolute atomic E-state index is 12.7. The number of fused-ring (bicyclic) bond motifs is 1. The van der Waals surface area contributed by atoms with Crippen molar-refractivity contribution >= 4 is 5.91 Å². The topological polar surface area (TPSA) is 29.5 Å². The van der Waals surface area contributed by atoms with Crippen LogP contribution in [0.5, 0.6) is 0 Å². The van der Waals surface area contributed by atoms with Crippen molar-refractivity contribution in [1.29, 1.82) is 0 Å². The maximum Gasteiger partial charge on any atom is 0.256 e. The molecular weight excluding hydrogens is 262 g/mol. The molecule has 21 heavy (non-hydrogen) atoms. The van der Waals surface area contributed by atoms with Gasteiger partial charge in [-0.25, -0.2) is 0 Å². The lowest BCUT2D eigenvalue weighted by Gasteiger charge is -2.31. The molecule has 1 heterocycles. The van der Waals surface area contributed by atoms with Crippen molar-refractivity contribution in [3.8, 4) is 0 Å². The molecule has 0 unspecified atom stereocenters. The number of hydrogen-bond acceptors (Lipinski definition) is 2. The molecular formula is C18H19NO2. The summed E-state index contributed by atoms with van der Waals surface area (Å²) in [6.07, 6.45) is 0.393. The number of hydrogen-bond donors (Lipinski definition) is 0. The SMILES string of the molecule is CO[C@H](C(=O)N1CCc2ccccc2C1)c1ccccc1. The number of benzene rings is 2. The Kier molecular flexibility index (Phi) is 4.02. The molecule has 1 aliphatic rings. The average Bonchev–Trinajstić information content (AvgIpc) is 2.56. The fraction of sp³-hybridized carbons (Fsp3) is 0.278. The van der Waals surface area contributed by atoms with Gasteiger partial charge in [-0.15, -0.1) is 0 Å². The minimum Gasteiger partial charge on any atom is -0.367 e. The molecule has 108 valence electrons. The Balaban J connectivity index is 1.79. The van der Waals surface area contributed by atoms with Crippen LogP contribution >= 0.6 is 0 Å². The predicted molar refractivity (Wildman–Crippen MR) is 81.8 cm³/mol. The zero-order valence-corrected chi connectivity index (χ0v) is 12.2. The molecule has 0 saturated heterocycles. The van der Waals surface area contributed by atoms with Crippen LogP contribution in [0.15, 0.2) is 54.6 Å². The highest BCUT2D eigenvalue weighted by molar-refractivity contribution is 5.82. The van der Waals surface area contributed by atoms with Crippen molar-refractivity contribution in [2.75, 3.05) is 13.7 Å². The van der Waals surface area contributed by atoms with E-state index in [0.717, 1.165) is 18.5 Å². The molecule has 3 heteroatoms. The van der Waals surface area contributed by atoms with Gasteiger partial charge in [-0.05, 0) is 23.1 Å². The Morgan fingerprint density at radius 2 is 1.71 bits per heavy atom. The number of ether oxygens (including phenoxy) is 1. The molecule has 1 amide bonds. The van der Waals surface area contributed by atoms with Crippen molar-refractivity contribution in [3.63, 3.8) is 0 Å². The van der Waals surface area contributed by atoms with E-state index >= 15 is 0 Å². The standard InChI is InChI=1S/C18H19NO2/c1-21-17(15-8-3-2-4-9-15)18(20)19-12-11-14-7-5-6-10-16(14)13-19/h2-10,17H,11-13H2,1H3/t17-/m0/s1. The van der Waals surface area contributed by atoms with E-state index in [0.29, 0.717) is 6.54 Å². The summed E-state index contributed by atoms with van der Waals surface area (Å²) in [7, 11) is 1.59. The smallest absolute Gasteiger partial charge is 0.256 e.